The fraction of sp³-hybridized carbons (Fsp3) is 0.217. The Morgan fingerprint density at radius 3 is 2.94 bits per heavy atom. The first-order valence-corrected chi connectivity index (χ1v) is 12.4. The molecule has 5 rings (SSSR count). The van der Waals surface area contributed by atoms with Crippen molar-refractivity contribution in [1.29, 1.82) is 0 Å². The smallest absolute Gasteiger partial charge is 0.263 e. The zero-order valence-electron chi connectivity index (χ0n) is 18.5. The van der Waals surface area contributed by atoms with E-state index in [0.29, 0.717) is 22.8 Å². The monoisotopic (exact) mass is 499 g/mol. The molecule has 0 spiro atoms. The molecule has 1 aliphatic heterocycles. The highest BCUT2D eigenvalue weighted by Gasteiger charge is 2.23. The van der Waals surface area contributed by atoms with Gasteiger partial charge in [-0.05, 0) is 42.3 Å². The van der Waals surface area contributed by atoms with Crippen molar-refractivity contribution in [3.8, 4) is 11.6 Å². The highest BCUT2D eigenvalue weighted by atomic mass is 35.5. The zero-order valence-corrected chi connectivity index (χ0v) is 20.1. The SMILES string of the molecule is Cc1c(Cl)cccc1S(=O)(=O)Nc1c(OCc2ccc3c(c2)N(C)CCO3)ncc2nccn12. The normalized spacial score (nSPS) is 13.4. The van der Waals surface area contributed by atoms with Crippen molar-refractivity contribution in [3.05, 3.63) is 71.1 Å². The molecule has 1 aliphatic rings. The molecule has 2 aromatic carbocycles. The van der Waals surface area contributed by atoms with Gasteiger partial charge in [0.15, 0.2) is 11.5 Å². The summed E-state index contributed by atoms with van der Waals surface area (Å²) in [6, 6.07) is 10.5. The van der Waals surface area contributed by atoms with E-state index in [4.69, 9.17) is 21.1 Å². The third kappa shape index (κ3) is 4.10. The largest absolute Gasteiger partial charge is 0.490 e. The maximum atomic E-state index is 13.3. The third-order valence-corrected chi connectivity index (χ3v) is 7.54. The Balaban J connectivity index is 1.47. The minimum Gasteiger partial charge on any atom is -0.490 e. The van der Waals surface area contributed by atoms with Gasteiger partial charge < -0.3 is 14.4 Å². The Morgan fingerprint density at radius 1 is 1.24 bits per heavy atom. The number of benzene rings is 2. The Morgan fingerprint density at radius 2 is 2.09 bits per heavy atom. The van der Waals surface area contributed by atoms with Crippen LogP contribution in [0.2, 0.25) is 5.02 Å². The lowest BCUT2D eigenvalue weighted by Gasteiger charge is -2.28. The maximum absolute atomic E-state index is 13.3. The molecule has 176 valence electrons. The van der Waals surface area contributed by atoms with Crippen LogP contribution in [0.3, 0.4) is 0 Å². The number of imidazole rings is 1. The number of hydrogen-bond acceptors (Lipinski definition) is 7. The summed E-state index contributed by atoms with van der Waals surface area (Å²) in [5.74, 6) is 1.09. The fourth-order valence-corrected chi connectivity index (χ4v) is 5.33. The molecular formula is C23H22ClN5O4S. The van der Waals surface area contributed by atoms with Crippen LogP contribution >= 0.6 is 11.6 Å². The van der Waals surface area contributed by atoms with Gasteiger partial charge in [-0.2, -0.15) is 0 Å². The summed E-state index contributed by atoms with van der Waals surface area (Å²) in [5.41, 5.74) is 2.79. The van der Waals surface area contributed by atoms with E-state index in [1.807, 2.05) is 25.2 Å². The molecule has 0 bridgehead atoms. The van der Waals surface area contributed by atoms with E-state index < -0.39 is 10.0 Å². The molecule has 0 atom stereocenters. The number of likely N-dealkylation sites (N-methyl/N-ethyl adjacent to an activating group) is 1. The second-order valence-electron chi connectivity index (χ2n) is 7.90. The second-order valence-corrected chi connectivity index (χ2v) is 9.95. The molecule has 9 nitrogen and oxygen atoms in total. The Labute approximate surface area is 202 Å². The molecule has 0 saturated heterocycles. The number of halogens is 1. The minimum atomic E-state index is -3.99. The van der Waals surface area contributed by atoms with E-state index >= 15 is 0 Å². The van der Waals surface area contributed by atoms with Gasteiger partial charge in [-0.3, -0.25) is 9.12 Å². The molecule has 0 aliphatic carbocycles. The van der Waals surface area contributed by atoms with Crippen LogP contribution in [0.15, 0.2) is 59.9 Å². The van der Waals surface area contributed by atoms with E-state index in [2.05, 4.69) is 19.6 Å². The van der Waals surface area contributed by atoms with E-state index in [1.165, 1.54) is 12.3 Å². The molecule has 0 radical (unpaired) electrons. The quantitative estimate of drug-likeness (QED) is 0.429. The summed E-state index contributed by atoms with van der Waals surface area (Å²) in [6.07, 6.45) is 4.71. The molecule has 11 heteroatoms. The lowest BCUT2D eigenvalue weighted by Crippen LogP contribution is -2.28. The van der Waals surface area contributed by atoms with E-state index in [0.717, 1.165) is 23.5 Å². The molecular weight excluding hydrogens is 478 g/mol. The molecule has 4 aromatic rings. The molecule has 0 unspecified atom stereocenters. The number of fused-ring (bicyclic) bond motifs is 2. The van der Waals surface area contributed by atoms with Crippen LogP contribution in [-0.2, 0) is 16.6 Å². The van der Waals surface area contributed by atoms with Gasteiger partial charge in [0.2, 0.25) is 0 Å². The first-order valence-electron chi connectivity index (χ1n) is 10.5. The predicted molar refractivity (Wildman–Crippen MR) is 130 cm³/mol. The van der Waals surface area contributed by atoms with Crippen LogP contribution < -0.4 is 19.1 Å². The van der Waals surface area contributed by atoms with Crippen LogP contribution in [-0.4, -0.2) is 43.0 Å². The first-order chi connectivity index (χ1) is 16.3. The van der Waals surface area contributed by atoms with E-state index in [1.54, 1.807) is 35.9 Å². The fourth-order valence-electron chi connectivity index (χ4n) is 3.78. The highest BCUT2D eigenvalue weighted by Crippen LogP contribution is 2.33. The second kappa shape index (κ2) is 8.69. The number of anilines is 2. The summed E-state index contributed by atoms with van der Waals surface area (Å²) in [5, 5.41) is 0.361. The van der Waals surface area contributed by atoms with Crippen molar-refractivity contribution in [2.75, 3.05) is 29.8 Å². The van der Waals surface area contributed by atoms with E-state index in [-0.39, 0.29) is 23.2 Å². The number of sulfonamides is 1. The summed E-state index contributed by atoms with van der Waals surface area (Å²) in [4.78, 5) is 10.7. The maximum Gasteiger partial charge on any atom is 0.263 e. The summed E-state index contributed by atoms with van der Waals surface area (Å²) in [7, 11) is -1.98. The number of ether oxygens (including phenoxy) is 2. The van der Waals surface area contributed by atoms with Crippen molar-refractivity contribution in [3.63, 3.8) is 0 Å². The zero-order chi connectivity index (χ0) is 23.9. The van der Waals surface area contributed by atoms with E-state index in [9.17, 15) is 8.42 Å². The van der Waals surface area contributed by atoms with Gasteiger partial charge in [0.1, 0.15) is 19.0 Å². The number of aromatic nitrogens is 3. The topological polar surface area (TPSA) is 98.1 Å². The van der Waals surface area contributed by atoms with Gasteiger partial charge in [0.25, 0.3) is 15.9 Å². The van der Waals surface area contributed by atoms with Crippen molar-refractivity contribution >= 4 is 38.8 Å². The lowest BCUT2D eigenvalue weighted by molar-refractivity contribution is 0.292. The average molecular weight is 500 g/mol. The molecule has 2 aromatic heterocycles. The number of nitrogens with one attached hydrogen (secondary N) is 1. The van der Waals surface area contributed by atoms with Gasteiger partial charge in [-0.1, -0.05) is 23.7 Å². The van der Waals surface area contributed by atoms with Crippen LogP contribution in [0.1, 0.15) is 11.1 Å². The van der Waals surface area contributed by atoms with Crippen LogP contribution in [0.25, 0.3) is 5.65 Å². The average Bonchev–Trinajstić information content (AvgIpc) is 3.30. The van der Waals surface area contributed by atoms with Gasteiger partial charge in [-0.15, -0.1) is 0 Å². The highest BCUT2D eigenvalue weighted by molar-refractivity contribution is 7.92. The number of hydrogen-bond donors (Lipinski definition) is 1. The molecule has 0 fully saturated rings. The van der Waals surface area contributed by atoms with Crippen LogP contribution in [0, 0.1) is 6.92 Å². The summed E-state index contributed by atoms with van der Waals surface area (Å²) >= 11 is 6.15. The summed E-state index contributed by atoms with van der Waals surface area (Å²) < 4.78 is 42.4. The molecule has 3 heterocycles. The Kier molecular flexibility index (Phi) is 5.70. The van der Waals surface area contributed by atoms with Gasteiger partial charge in [0, 0.05) is 24.5 Å². The van der Waals surface area contributed by atoms with Gasteiger partial charge >= 0.3 is 0 Å². The van der Waals surface area contributed by atoms with Crippen LogP contribution in [0.4, 0.5) is 11.5 Å². The lowest BCUT2D eigenvalue weighted by atomic mass is 10.1. The van der Waals surface area contributed by atoms with Crippen LogP contribution in [0.5, 0.6) is 11.6 Å². The summed E-state index contributed by atoms with van der Waals surface area (Å²) in [6.45, 7) is 3.27. The molecule has 1 N–H and O–H groups in total. The number of rotatable bonds is 6. The Hall–Kier alpha value is -3.50. The molecule has 0 amide bonds. The van der Waals surface area contributed by atoms with Gasteiger partial charge in [-0.25, -0.2) is 18.4 Å². The Bertz CT molecular complexity index is 1490. The predicted octanol–water partition coefficient (Wildman–Crippen LogP) is 3.90. The molecule has 0 saturated carbocycles. The first kappa shape index (κ1) is 22.3. The van der Waals surface area contributed by atoms with Crippen molar-refractivity contribution < 1.29 is 17.9 Å². The third-order valence-electron chi connectivity index (χ3n) is 5.64. The standard InChI is InChI=1S/C23H22ClN5O4S/c1-15-17(24)4-3-5-20(15)34(30,31)27-22-23(26-13-21-25-8-9-29(21)22)33-14-16-6-7-19-18(12-16)28(2)10-11-32-19/h3-9,12-13,27H,10-11,14H2,1-2H3. The van der Waals surface area contributed by atoms with Crippen molar-refractivity contribution in [1.82, 2.24) is 14.4 Å². The molecule has 34 heavy (non-hydrogen) atoms. The number of nitrogens with zero attached hydrogens (tertiary/aromatic N) is 4. The van der Waals surface area contributed by atoms with Gasteiger partial charge in [0.05, 0.1) is 23.3 Å². The van der Waals surface area contributed by atoms with Crippen molar-refractivity contribution in [2.24, 2.45) is 0 Å². The van der Waals surface area contributed by atoms with Crippen molar-refractivity contribution in [2.45, 2.75) is 18.4 Å². The minimum absolute atomic E-state index is 0.0702.